The number of carboxylic acid groups (broad SMARTS) is 1. The Bertz CT molecular complexity index is 639. The van der Waals surface area contributed by atoms with Crippen LogP contribution in [-0.2, 0) is 4.79 Å². The molecule has 1 fully saturated rings. The second kappa shape index (κ2) is 5.09. The third-order valence-electron chi connectivity index (χ3n) is 3.75. The predicted octanol–water partition coefficient (Wildman–Crippen LogP) is 0.804. The lowest BCUT2D eigenvalue weighted by Crippen LogP contribution is -2.38. The number of aromatic nitrogens is 3. The Labute approximate surface area is 115 Å². The van der Waals surface area contributed by atoms with Crippen LogP contribution in [0.15, 0.2) is 12.1 Å². The zero-order valence-electron chi connectivity index (χ0n) is 11.0. The van der Waals surface area contributed by atoms with Gasteiger partial charge in [-0.2, -0.15) is 5.10 Å². The molecule has 2 aromatic rings. The van der Waals surface area contributed by atoms with Crippen LogP contribution in [0.25, 0.3) is 11.0 Å². The molecular weight excluding hydrogens is 258 g/mol. The van der Waals surface area contributed by atoms with Crippen LogP contribution >= 0.6 is 0 Å². The summed E-state index contributed by atoms with van der Waals surface area (Å²) in [5.74, 6) is -0.00485. The first-order valence-electron chi connectivity index (χ1n) is 6.68. The minimum absolute atomic E-state index is 0.0914. The van der Waals surface area contributed by atoms with Crippen LogP contribution in [0.2, 0.25) is 0 Å². The zero-order valence-corrected chi connectivity index (χ0v) is 11.0. The van der Waals surface area contributed by atoms with E-state index in [1.165, 1.54) is 0 Å². The summed E-state index contributed by atoms with van der Waals surface area (Å²) in [6.45, 7) is 1.65. The van der Waals surface area contributed by atoms with Gasteiger partial charge < -0.3 is 10.8 Å². The average Bonchev–Trinajstić information content (AvgIpc) is 2.79. The van der Waals surface area contributed by atoms with E-state index < -0.39 is 5.97 Å². The SMILES string of the molecule is Nc1[nH]nc2nc([C@H]3CCCN(CC(=O)O)C3)ccc12. The van der Waals surface area contributed by atoms with Crippen molar-refractivity contribution in [1.29, 1.82) is 0 Å². The molecule has 0 spiro atoms. The largest absolute Gasteiger partial charge is 0.480 e. The number of carbonyl (C=O) groups is 1. The van der Waals surface area contributed by atoms with E-state index in [1.54, 1.807) is 0 Å². The van der Waals surface area contributed by atoms with Gasteiger partial charge in [-0.1, -0.05) is 0 Å². The summed E-state index contributed by atoms with van der Waals surface area (Å²) in [4.78, 5) is 17.3. The standard InChI is InChI=1S/C13H17N5O2/c14-12-9-3-4-10(15-13(9)17-16-12)8-2-1-5-18(6-8)7-11(19)20/h3-4,8H,1-2,5-7H2,(H,19,20)(H3,14,15,16,17)/t8-/m0/s1. The topological polar surface area (TPSA) is 108 Å². The number of nitrogens with one attached hydrogen (secondary N) is 1. The number of aromatic amines is 1. The summed E-state index contributed by atoms with van der Waals surface area (Å²) in [6, 6.07) is 3.88. The summed E-state index contributed by atoms with van der Waals surface area (Å²) in [5.41, 5.74) is 7.33. The van der Waals surface area contributed by atoms with E-state index >= 15 is 0 Å². The number of fused-ring (bicyclic) bond motifs is 1. The Morgan fingerprint density at radius 2 is 2.40 bits per heavy atom. The molecule has 3 rings (SSSR count). The first-order valence-corrected chi connectivity index (χ1v) is 6.68. The number of nitrogen functional groups attached to an aromatic ring is 1. The van der Waals surface area contributed by atoms with Crippen molar-refractivity contribution in [1.82, 2.24) is 20.1 Å². The molecule has 1 aliphatic heterocycles. The maximum Gasteiger partial charge on any atom is 0.317 e. The molecule has 4 N–H and O–H groups in total. The van der Waals surface area contributed by atoms with E-state index in [-0.39, 0.29) is 12.5 Å². The van der Waals surface area contributed by atoms with E-state index in [0.717, 1.165) is 37.0 Å². The number of anilines is 1. The van der Waals surface area contributed by atoms with E-state index in [9.17, 15) is 4.79 Å². The number of carboxylic acids is 1. The summed E-state index contributed by atoms with van der Waals surface area (Å²) in [7, 11) is 0. The third-order valence-corrected chi connectivity index (χ3v) is 3.75. The predicted molar refractivity (Wildman–Crippen MR) is 74.4 cm³/mol. The average molecular weight is 275 g/mol. The van der Waals surface area contributed by atoms with Crippen molar-refractivity contribution < 1.29 is 9.90 Å². The van der Waals surface area contributed by atoms with Gasteiger partial charge in [-0.15, -0.1) is 0 Å². The highest BCUT2D eigenvalue weighted by Crippen LogP contribution is 2.27. The van der Waals surface area contributed by atoms with Gasteiger partial charge in [0.15, 0.2) is 5.65 Å². The smallest absolute Gasteiger partial charge is 0.317 e. The van der Waals surface area contributed by atoms with Gasteiger partial charge >= 0.3 is 5.97 Å². The maximum atomic E-state index is 10.8. The number of pyridine rings is 1. The van der Waals surface area contributed by atoms with E-state index in [4.69, 9.17) is 10.8 Å². The molecule has 7 nitrogen and oxygen atoms in total. The van der Waals surface area contributed by atoms with Crippen LogP contribution in [-0.4, -0.2) is 50.8 Å². The lowest BCUT2D eigenvalue weighted by molar-refractivity contribution is -0.138. The highest BCUT2D eigenvalue weighted by atomic mass is 16.4. The van der Waals surface area contributed by atoms with Gasteiger partial charge in [0.05, 0.1) is 11.9 Å². The molecule has 0 bridgehead atoms. The molecule has 0 unspecified atom stereocenters. The first-order chi connectivity index (χ1) is 9.63. The molecule has 1 saturated heterocycles. The van der Waals surface area contributed by atoms with Crippen LogP contribution in [0.1, 0.15) is 24.5 Å². The first kappa shape index (κ1) is 12.9. The Balaban J connectivity index is 1.81. The number of H-pyrrole nitrogens is 1. The summed E-state index contributed by atoms with van der Waals surface area (Å²) in [6.07, 6.45) is 2.01. The second-order valence-electron chi connectivity index (χ2n) is 5.21. The number of hydrogen-bond donors (Lipinski definition) is 3. The number of nitrogens with two attached hydrogens (primary N) is 1. The highest BCUT2D eigenvalue weighted by molar-refractivity contribution is 5.85. The van der Waals surface area contributed by atoms with Crippen LogP contribution in [0, 0.1) is 0 Å². The zero-order chi connectivity index (χ0) is 14.1. The number of rotatable bonds is 3. The Kier molecular flexibility index (Phi) is 3.27. The number of nitrogens with zero attached hydrogens (tertiary/aromatic N) is 3. The van der Waals surface area contributed by atoms with Gasteiger partial charge in [0.2, 0.25) is 0 Å². The quantitative estimate of drug-likeness (QED) is 0.764. The molecule has 1 aliphatic rings. The highest BCUT2D eigenvalue weighted by Gasteiger charge is 2.24. The fraction of sp³-hybridized carbons (Fsp3) is 0.462. The molecule has 0 radical (unpaired) electrons. The molecule has 1 atom stereocenters. The van der Waals surface area contributed by atoms with E-state index in [0.29, 0.717) is 11.5 Å². The molecule has 0 aliphatic carbocycles. The molecular formula is C13H17N5O2. The minimum atomic E-state index is -0.783. The molecule has 2 aromatic heterocycles. The van der Waals surface area contributed by atoms with Gasteiger partial charge in [-0.05, 0) is 31.5 Å². The molecule has 7 heteroatoms. The fourth-order valence-electron chi connectivity index (χ4n) is 2.79. The Morgan fingerprint density at radius 1 is 1.55 bits per heavy atom. The molecule has 3 heterocycles. The molecule has 0 saturated carbocycles. The molecule has 0 aromatic carbocycles. The van der Waals surface area contributed by atoms with Crippen molar-refractivity contribution in [2.45, 2.75) is 18.8 Å². The van der Waals surface area contributed by atoms with Crippen molar-refractivity contribution in [3.8, 4) is 0 Å². The monoisotopic (exact) mass is 275 g/mol. The van der Waals surface area contributed by atoms with Crippen LogP contribution in [0.3, 0.4) is 0 Å². The van der Waals surface area contributed by atoms with Crippen molar-refractivity contribution >= 4 is 22.8 Å². The van der Waals surface area contributed by atoms with Crippen molar-refractivity contribution in [2.24, 2.45) is 0 Å². The Morgan fingerprint density at radius 3 is 3.20 bits per heavy atom. The van der Waals surface area contributed by atoms with Gasteiger partial charge in [0.1, 0.15) is 5.82 Å². The summed E-state index contributed by atoms with van der Waals surface area (Å²) < 4.78 is 0. The van der Waals surface area contributed by atoms with Gasteiger partial charge in [-0.25, -0.2) is 4.98 Å². The number of aliphatic carboxylic acids is 1. The second-order valence-corrected chi connectivity index (χ2v) is 5.21. The minimum Gasteiger partial charge on any atom is -0.480 e. The van der Waals surface area contributed by atoms with Gasteiger partial charge in [0, 0.05) is 18.2 Å². The number of piperidine rings is 1. The van der Waals surface area contributed by atoms with Crippen LogP contribution in [0.5, 0.6) is 0 Å². The van der Waals surface area contributed by atoms with Gasteiger partial charge in [-0.3, -0.25) is 14.8 Å². The van der Waals surface area contributed by atoms with E-state index in [2.05, 4.69) is 15.2 Å². The molecule has 0 amide bonds. The van der Waals surface area contributed by atoms with Gasteiger partial charge in [0.25, 0.3) is 0 Å². The lowest BCUT2D eigenvalue weighted by atomic mass is 9.94. The molecule has 20 heavy (non-hydrogen) atoms. The van der Waals surface area contributed by atoms with Crippen molar-refractivity contribution in [2.75, 3.05) is 25.4 Å². The third kappa shape index (κ3) is 2.44. The maximum absolute atomic E-state index is 10.8. The van der Waals surface area contributed by atoms with E-state index in [1.807, 2.05) is 17.0 Å². The summed E-state index contributed by atoms with van der Waals surface area (Å²) >= 11 is 0. The van der Waals surface area contributed by atoms with Crippen molar-refractivity contribution in [3.05, 3.63) is 17.8 Å². The normalized spacial score (nSPS) is 20.3. The Hall–Kier alpha value is -2.15. The number of likely N-dealkylation sites (tertiary alicyclic amines) is 1. The summed E-state index contributed by atoms with van der Waals surface area (Å²) in [5, 5.41) is 16.5. The molecule has 106 valence electrons. The number of hydrogen-bond acceptors (Lipinski definition) is 5. The lowest BCUT2D eigenvalue weighted by Gasteiger charge is -2.31. The van der Waals surface area contributed by atoms with Crippen molar-refractivity contribution in [3.63, 3.8) is 0 Å². The van der Waals surface area contributed by atoms with Crippen LogP contribution in [0.4, 0.5) is 5.82 Å². The van der Waals surface area contributed by atoms with Crippen LogP contribution < -0.4 is 5.73 Å². The fourth-order valence-corrected chi connectivity index (χ4v) is 2.79.